The van der Waals surface area contributed by atoms with Crippen molar-refractivity contribution >= 4 is 11.7 Å². The SMILES string of the molecule is Cc1ccc(N)c(C(=O)O)c1.[Zn]. The first-order valence-electron chi connectivity index (χ1n) is 3.20. The molecule has 0 spiro atoms. The van der Waals surface area contributed by atoms with Crippen LogP contribution in [0.3, 0.4) is 0 Å². The number of aryl methyl sites for hydroxylation is 1. The summed E-state index contributed by atoms with van der Waals surface area (Å²) in [6.45, 7) is 1.83. The van der Waals surface area contributed by atoms with Gasteiger partial charge in [-0.1, -0.05) is 11.6 Å². The molecule has 1 rings (SSSR count). The smallest absolute Gasteiger partial charge is 0.337 e. The first kappa shape index (κ1) is 11.1. The Labute approximate surface area is 83.3 Å². The van der Waals surface area contributed by atoms with Gasteiger partial charge in [-0.25, -0.2) is 4.79 Å². The number of carboxylic acids is 1. The van der Waals surface area contributed by atoms with Crippen molar-refractivity contribution in [2.24, 2.45) is 0 Å². The summed E-state index contributed by atoms with van der Waals surface area (Å²) in [6, 6.07) is 4.93. The van der Waals surface area contributed by atoms with Gasteiger partial charge in [-0.05, 0) is 19.1 Å². The molecule has 0 bridgehead atoms. The Bertz CT molecular complexity index is 299. The third-order valence-electron chi connectivity index (χ3n) is 1.44. The van der Waals surface area contributed by atoms with E-state index in [1.165, 1.54) is 0 Å². The summed E-state index contributed by atoms with van der Waals surface area (Å²) in [7, 11) is 0. The summed E-state index contributed by atoms with van der Waals surface area (Å²) in [5.74, 6) is -0.980. The Balaban J connectivity index is 0.00000121. The van der Waals surface area contributed by atoms with Gasteiger partial charge in [0, 0.05) is 25.2 Å². The van der Waals surface area contributed by atoms with Crippen LogP contribution in [0.5, 0.6) is 0 Å². The Kier molecular flexibility index (Phi) is 3.91. The number of aromatic carboxylic acids is 1. The fraction of sp³-hybridized carbons (Fsp3) is 0.125. The minimum Gasteiger partial charge on any atom is -0.478 e. The van der Waals surface area contributed by atoms with Crippen LogP contribution in [0.15, 0.2) is 18.2 Å². The molecule has 1 aromatic carbocycles. The summed E-state index contributed by atoms with van der Waals surface area (Å²) in [6.07, 6.45) is 0. The van der Waals surface area contributed by atoms with Crippen molar-refractivity contribution in [1.82, 2.24) is 0 Å². The molecule has 60 valence electrons. The third kappa shape index (κ3) is 2.31. The number of nitrogen functional groups attached to an aromatic ring is 1. The van der Waals surface area contributed by atoms with Crippen LogP contribution in [0, 0.1) is 6.92 Å². The summed E-state index contributed by atoms with van der Waals surface area (Å²) < 4.78 is 0. The van der Waals surface area contributed by atoms with E-state index in [1.807, 2.05) is 6.92 Å². The van der Waals surface area contributed by atoms with E-state index in [2.05, 4.69) is 0 Å². The largest absolute Gasteiger partial charge is 0.478 e. The van der Waals surface area contributed by atoms with Gasteiger partial charge in [-0.15, -0.1) is 0 Å². The van der Waals surface area contributed by atoms with Crippen LogP contribution in [-0.2, 0) is 19.5 Å². The predicted molar refractivity (Wildman–Crippen MR) is 42.6 cm³/mol. The van der Waals surface area contributed by atoms with Gasteiger partial charge in [0.2, 0.25) is 0 Å². The van der Waals surface area contributed by atoms with Crippen LogP contribution >= 0.6 is 0 Å². The monoisotopic (exact) mass is 215 g/mol. The van der Waals surface area contributed by atoms with Gasteiger partial charge in [-0.3, -0.25) is 0 Å². The molecule has 0 heterocycles. The molecule has 3 nitrogen and oxygen atoms in total. The Morgan fingerprint density at radius 2 is 2.08 bits per heavy atom. The molecule has 0 fully saturated rings. The first-order valence-corrected chi connectivity index (χ1v) is 3.20. The van der Waals surface area contributed by atoms with Crippen molar-refractivity contribution in [3.05, 3.63) is 29.3 Å². The maximum Gasteiger partial charge on any atom is 0.337 e. The van der Waals surface area contributed by atoms with Gasteiger partial charge in [0.05, 0.1) is 5.56 Å². The van der Waals surface area contributed by atoms with Crippen molar-refractivity contribution < 1.29 is 29.4 Å². The molecule has 4 heteroatoms. The third-order valence-corrected chi connectivity index (χ3v) is 1.44. The summed E-state index contributed by atoms with van der Waals surface area (Å²) in [5.41, 5.74) is 6.79. The van der Waals surface area contributed by atoms with Gasteiger partial charge >= 0.3 is 5.97 Å². The molecule has 1 aromatic rings. The normalized spacial score (nSPS) is 8.75. The fourth-order valence-electron chi connectivity index (χ4n) is 0.855. The summed E-state index contributed by atoms with van der Waals surface area (Å²) in [4.78, 5) is 10.5. The number of hydrogen-bond acceptors (Lipinski definition) is 2. The topological polar surface area (TPSA) is 63.3 Å². The molecule has 0 amide bonds. The molecule has 0 unspecified atom stereocenters. The van der Waals surface area contributed by atoms with Gasteiger partial charge in [-0.2, -0.15) is 0 Å². The molecule has 0 aliphatic rings. The average molecular weight is 217 g/mol. The summed E-state index contributed by atoms with van der Waals surface area (Å²) in [5, 5.41) is 8.61. The number of carbonyl (C=O) groups is 1. The minimum atomic E-state index is -0.980. The first-order chi connectivity index (χ1) is 5.11. The molecule has 0 atom stereocenters. The maximum absolute atomic E-state index is 10.5. The Morgan fingerprint density at radius 3 is 2.50 bits per heavy atom. The Hall–Kier alpha value is -0.887. The zero-order chi connectivity index (χ0) is 8.43. The number of anilines is 1. The van der Waals surface area contributed by atoms with E-state index >= 15 is 0 Å². The fourth-order valence-corrected chi connectivity index (χ4v) is 0.855. The standard InChI is InChI=1S/C8H9NO2.Zn/c1-5-2-3-7(9)6(4-5)8(10)11;/h2-4H,9H2,1H3,(H,10,11);. The van der Waals surface area contributed by atoms with Crippen molar-refractivity contribution in [3.8, 4) is 0 Å². The molecule has 0 radical (unpaired) electrons. The van der Waals surface area contributed by atoms with Crippen molar-refractivity contribution in [2.45, 2.75) is 6.92 Å². The van der Waals surface area contributed by atoms with Crippen molar-refractivity contribution in [3.63, 3.8) is 0 Å². The second-order valence-electron chi connectivity index (χ2n) is 2.40. The average Bonchev–Trinajstić information content (AvgIpc) is 1.94. The van der Waals surface area contributed by atoms with Gasteiger partial charge < -0.3 is 10.8 Å². The number of rotatable bonds is 1. The molecule has 0 aliphatic carbocycles. The molecular weight excluding hydrogens is 207 g/mol. The predicted octanol–water partition coefficient (Wildman–Crippen LogP) is 1.27. The van der Waals surface area contributed by atoms with E-state index in [9.17, 15) is 4.79 Å². The molecule has 0 saturated heterocycles. The molecule has 12 heavy (non-hydrogen) atoms. The van der Waals surface area contributed by atoms with Crippen LogP contribution in [0.2, 0.25) is 0 Å². The van der Waals surface area contributed by atoms with Gasteiger partial charge in [0.25, 0.3) is 0 Å². The van der Waals surface area contributed by atoms with E-state index < -0.39 is 5.97 Å². The minimum absolute atomic E-state index is 0. The zero-order valence-corrected chi connectivity index (χ0v) is 9.84. The number of benzene rings is 1. The summed E-state index contributed by atoms with van der Waals surface area (Å²) >= 11 is 0. The van der Waals surface area contributed by atoms with E-state index in [0.717, 1.165) is 5.56 Å². The quantitative estimate of drug-likeness (QED) is 0.549. The van der Waals surface area contributed by atoms with Crippen LogP contribution in [0.25, 0.3) is 0 Å². The zero-order valence-electron chi connectivity index (χ0n) is 6.87. The van der Waals surface area contributed by atoms with Crippen LogP contribution in [-0.4, -0.2) is 11.1 Å². The van der Waals surface area contributed by atoms with E-state index in [1.54, 1.807) is 18.2 Å². The van der Waals surface area contributed by atoms with Crippen molar-refractivity contribution in [1.29, 1.82) is 0 Å². The van der Waals surface area contributed by atoms with E-state index in [0.29, 0.717) is 5.69 Å². The molecular formula is C8H9NO2Zn. The van der Waals surface area contributed by atoms with Crippen LogP contribution in [0.1, 0.15) is 15.9 Å². The molecule has 3 N–H and O–H groups in total. The second-order valence-corrected chi connectivity index (χ2v) is 2.40. The number of hydrogen-bond donors (Lipinski definition) is 2. The number of carboxylic acid groups (broad SMARTS) is 1. The van der Waals surface area contributed by atoms with E-state index in [-0.39, 0.29) is 25.0 Å². The van der Waals surface area contributed by atoms with Crippen LogP contribution in [0.4, 0.5) is 5.69 Å². The molecule has 0 aliphatic heterocycles. The number of nitrogens with two attached hydrogens (primary N) is 1. The molecule has 0 saturated carbocycles. The van der Waals surface area contributed by atoms with E-state index in [4.69, 9.17) is 10.8 Å². The second kappa shape index (κ2) is 4.22. The van der Waals surface area contributed by atoms with Gasteiger partial charge in [0.15, 0.2) is 0 Å². The van der Waals surface area contributed by atoms with Crippen LogP contribution < -0.4 is 5.73 Å². The van der Waals surface area contributed by atoms with Crippen molar-refractivity contribution in [2.75, 3.05) is 5.73 Å². The maximum atomic E-state index is 10.5. The van der Waals surface area contributed by atoms with Gasteiger partial charge in [0.1, 0.15) is 0 Å². The Morgan fingerprint density at radius 1 is 1.50 bits per heavy atom. The molecule has 0 aromatic heterocycles.